The molecule has 0 amide bonds. The molecule has 2 saturated heterocycles. The van der Waals surface area contributed by atoms with Crippen molar-refractivity contribution < 1.29 is 14.8 Å². The van der Waals surface area contributed by atoms with E-state index < -0.39 is 0 Å². The fraction of sp³-hybridized carbons (Fsp3) is 0.333. The molecule has 180 valence electrons. The van der Waals surface area contributed by atoms with Gasteiger partial charge in [0.2, 0.25) is 5.95 Å². The molecule has 0 aliphatic carbocycles. The number of H-pyrrole nitrogens is 1. The Labute approximate surface area is 204 Å². The molecule has 0 unspecified atom stereocenters. The molecule has 0 bridgehead atoms. The number of para-hydroxylation sites is 1. The summed E-state index contributed by atoms with van der Waals surface area (Å²) in [5.41, 5.74) is 5.59. The van der Waals surface area contributed by atoms with Crippen LogP contribution in [0.5, 0.6) is 0 Å². The highest BCUT2D eigenvalue weighted by Crippen LogP contribution is 2.28. The fourth-order valence-electron chi connectivity index (χ4n) is 5.12. The number of anilines is 2. The van der Waals surface area contributed by atoms with Gasteiger partial charge in [0.05, 0.1) is 18.3 Å². The monoisotopic (exact) mass is 471 g/mol. The molecule has 2 aliphatic heterocycles. The number of benzene rings is 2. The number of ether oxygens (including phenoxy) is 2. The second-order valence-corrected chi connectivity index (χ2v) is 9.52. The summed E-state index contributed by atoms with van der Waals surface area (Å²) in [4.78, 5) is 14.7. The van der Waals surface area contributed by atoms with E-state index in [0.29, 0.717) is 19.2 Å². The van der Waals surface area contributed by atoms with Gasteiger partial charge in [-0.1, -0.05) is 30.3 Å². The predicted molar refractivity (Wildman–Crippen MR) is 136 cm³/mol. The van der Waals surface area contributed by atoms with Crippen LogP contribution in [-0.4, -0.2) is 66.6 Å². The molecule has 8 heteroatoms. The molecular formula is C27H31N6O2+. The average molecular weight is 472 g/mol. The number of nitrogens with two attached hydrogens (primary N) is 1. The number of quaternary nitrogens is 1. The average Bonchev–Trinajstić information content (AvgIpc) is 3.59. The zero-order valence-electron chi connectivity index (χ0n) is 20.0. The largest absolute Gasteiger partial charge is 0.378 e. The highest BCUT2D eigenvalue weighted by atomic mass is 16.6. The van der Waals surface area contributed by atoms with Crippen molar-refractivity contribution in [2.75, 3.05) is 37.5 Å². The van der Waals surface area contributed by atoms with E-state index in [1.165, 1.54) is 16.5 Å². The molecule has 6 rings (SSSR count). The minimum atomic E-state index is -0.00847. The second kappa shape index (κ2) is 9.30. The van der Waals surface area contributed by atoms with E-state index in [4.69, 9.17) is 14.5 Å². The molecule has 4 heterocycles. The van der Waals surface area contributed by atoms with Crippen LogP contribution in [0.3, 0.4) is 0 Å². The van der Waals surface area contributed by atoms with Crippen LogP contribution in [-0.2, 0) is 16.0 Å². The lowest BCUT2D eigenvalue weighted by molar-refractivity contribution is -0.707. The Morgan fingerprint density at radius 1 is 1.03 bits per heavy atom. The standard InChI is InChI=1S/C27H30N6O2/c1-33(2)19-9-7-17(8-10-19)21-11-12-28-27(31-21)32-24-16-35-25-23(15-34-26(24)25)30-14-18-13-29-22-6-4-3-5-20(18)22/h3-13,23-26,29-30H,14-16H2,1-2H3,(H,28,31,32)/p+1/t23-,24-,25+,26+/m0/s1. The van der Waals surface area contributed by atoms with E-state index >= 15 is 0 Å². The van der Waals surface area contributed by atoms with Crippen LogP contribution >= 0.6 is 0 Å². The van der Waals surface area contributed by atoms with E-state index in [1.54, 1.807) is 6.20 Å². The van der Waals surface area contributed by atoms with Crippen molar-refractivity contribution in [1.29, 1.82) is 0 Å². The van der Waals surface area contributed by atoms with Crippen molar-refractivity contribution in [3.8, 4) is 11.3 Å². The van der Waals surface area contributed by atoms with Gasteiger partial charge in [0, 0.05) is 54.2 Å². The van der Waals surface area contributed by atoms with Gasteiger partial charge < -0.3 is 30.0 Å². The Morgan fingerprint density at radius 2 is 1.86 bits per heavy atom. The molecule has 4 aromatic rings. The zero-order valence-corrected chi connectivity index (χ0v) is 20.0. The van der Waals surface area contributed by atoms with Crippen molar-refractivity contribution >= 4 is 22.5 Å². The van der Waals surface area contributed by atoms with Gasteiger partial charge in [0.25, 0.3) is 0 Å². The van der Waals surface area contributed by atoms with Crippen LogP contribution in [0.25, 0.3) is 22.2 Å². The number of hydrogen-bond acceptors (Lipinski definition) is 6. The Hall–Kier alpha value is -3.46. The Bertz CT molecular complexity index is 1300. The molecule has 35 heavy (non-hydrogen) atoms. The maximum atomic E-state index is 6.20. The smallest absolute Gasteiger partial charge is 0.223 e. The van der Waals surface area contributed by atoms with Gasteiger partial charge in [-0.2, -0.15) is 0 Å². The number of rotatable bonds is 7. The molecule has 2 aromatic carbocycles. The first-order chi connectivity index (χ1) is 17.2. The first-order valence-corrected chi connectivity index (χ1v) is 12.1. The molecule has 4 N–H and O–H groups in total. The maximum Gasteiger partial charge on any atom is 0.223 e. The number of aromatic nitrogens is 3. The summed E-state index contributed by atoms with van der Waals surface area (Å²) >= 11 is 0. The minimum Gasteiger partial charge on any atom is -0.378 e. The lowest BCUT2D eigenvalue weighted by atomic mass is 10.1. The third-order valence-electron chi connectivity index (χ3n) is 7.06. The summed E-state index contributed by atoms with van der Waals surface area (Å²) in [6, 6.07) is 19.0. The highest BCUT2D eigenvalue weighted by molar-refractivity contribution is 5.82. The first-order valence-electron chi connectivity index (χ1n) is 12.1. The van der Waals surface area contributed by atoms with E-state index in [-0.39, 0.29) is 24.3 Å². The molecular weight excluding hydrogens is 440 g/mol. The molecule has 0 spiro atoms. The van der Waals surface area contributed by atoms with Crippen LogP contribution in [0.15, 0.2) is 67.0 Å². The summed E-state index contributed by atoms with van der Waals surface area (Å²) in [5, 5.41) is 7.09. The quantitative estimate of drug-likeness (QED) is 0.383. The third kappa shape index (κ3) is 4.36. The van der Waals surface area contributed by atoms with E-state index in [9.17, 15) is 0 Å². The topological polar surface area (TPSA) is 91.9 Å². The Morgan fingerprint density at radius 3 is 2.71 bits per heavy atom. The van der Waals surface area contributed by atoms with Crippen molar-refractivity contribution in [3.63, 3.8) is 0 Å². The molecule has 2 fully saturated rings. The van der Waals surface area contributed by atoms with Gasteiger partial charge in [0.15, 0.2) is 0 Å². The van der Waals surface area contributed by atoms with E-state index in [2.05, 4.69) is 80.2 Å². The Balaban J connectivity index is 1.09. The molecule has 8 nitrogen and oxygen atoms in total. The summed E-state index contributed by atoms with van der Waals surface area (Å²) in [6.07, 6.45) is 3.95. The summed E-state index contributed by atoms with van der Waals surface area (Å²) in [5.74, 6) is 0.600. The maximum absolute atomic E-state index is 6.20. The van der Waals surface area contributed by atoms with Crippen molar-refractivity contribution in [2.45, 2.75) is 30.8 Å². The van der Waals surface area contributed by atoms with Gasteiger partial charge in [-0.05, 0) is 24.3 Å². The number of aromatic amines is 1. The van der Waals surface area contributed by atoms with Crippen LogP contribution in [0.2, 0.25) is 0 Å². The summed E-state index contributed by atoms with van der Waals surface area (Å²) in [6.45, 7) is 2.15. The third-order valence-corrected chi connectivity index (χ3v) is 7.06. The van der Waals surface area contributed by atoms with Crippen molar-refractivity contribution in [3.05, 3.63) is 72.6 Å². The van der Waals surface area contributed by atoms with Crippen LogP contribution in [0.1, 0.15) is 5.56 Å². The van der Waals surface area contributed by atoms with Crippen molar-refractivity contribution in [2.24, 2.45) is 0 Å². The summed E-state index contributed by atoms with van der Waals surface area (Å²) < 4.78 is 12.4. The lowest BCUT2D eigenvalue weighted by Gasteiger charge is -2.17. The lowest BCUT2D eigenvalue weighted by Crippen LogP contribution is -2.91. The number of nitrogens with zero attached hydrogens (tertiary/aromatic N) is 3. The van der Waals surface area contributed by atoms with Crippen LogP contribution in [0.4, 0.5) is 11.6 Å². The zero-order chi connectivity index (χ0) is 23.8. The first kappa shape index (κ1) is 22.0. The molecule has 2 aliphatic rings. The minimum absolute atomic E-state index is 0.00847. The van der Waals surface area contributed by atoms with Crippen molar-refractivity contribution in [1.82, 2.24) is 15.0 Å². The normalized spacial score (nSPS) is 23.5. The van der Waals surface area contributed by atoms with Gasteiger partial charge in [-0.3, -0.25) is 0 Å². The van der Waals surface area contributed by atoms with E-state index in [0.717, 1.165) is 23.5 Å². The predicted octanol–water partition coefficient (Wildman–Crippen LogP) is 2.40. The highest BCUT2D eigenvalue weighted by Gasteiger charge is 2.50. The van der Waals surface area contributed by atoms with E-state index in [1.807, 2.05) is 20.2 Å². The van der Waals surface area contributed by atoms with Crippen LogP contribution < -0.4 is 15.5 Å². The molecule has 0 radical (unpaired) electrons. The van der Waals surface area contributed by atoms with Gasteiger partial charge in [-0.25, -0.2) is 9.97 Å². The van der Waals surface area contributed by atoms with Gasteiger partial charge >= 0.3 is 0 Å². The fourth-order valence-corrected chi connectivity index (χ4v) is 5.12. The SMILES string of the molecule is CN(C)c1ccc(-c2ccnc(N[C@H]3CO[C@H]4[C@@H]3OC[C@@H]4[NH2+]Cc3c[nH]c4ccccc34)n2)cc1. The van der Waals surface area contributed by atoms with Gasteiger partial charge in [-0.15, -0.1) is 0 Å². The number of fused-ring (bicyclic) bond motifs is 2. The number of nitrogens with one attached hydrogen (secondary N) is 2. The molecule has 4 atom stereocenters. The van der Waals surface area contributed by atoms with Gasteiger partial charge in [0.1, 0.15) is 31.4 Å². The molecule has 0 saturated carbocycles. The summed E-state index contributed by atoms with van der Waals surface area (Å²) in [7, 11) is 4.07. The van der Waals surface area contributed by atoms with Crippen LogP contribution in [0, 0.1) is 0 Å². The Kier molecular flexibility index (Phi) is 5.85. The molecule has 2 aromatic heterocycles. The number of hydrogen-bond donors (Lipinski definition) is 3. The second-order valence-electron chi connectivity index (χ2n) is 9.52.